The topological polar surface area (TPSA) is 37.4 Å². The summed E-state index contributed by atoms with van der Waals surface area (Å²) in [6.07, 6.45) is 0.824. The molecule has 1 amide bonds. The van der Waals surface area contributed by atoms with Crippen molar-refractivity contribution in [3.05, 3.63) is 29.3 Å². The highest BCUT2D eigenvalue weighted by Gasteiger charge is 2.33. The molecule has 0 fully saturated rings. The van der Waals surface area contributed by atoms with Gasteiger partial charge in [-0.2, -0.15) is 0 Å². The zero-order chi connectivity index (χ0) is 11.0. The zero-order valence-electron chi connectivity index (χ0n) is 8.82. The molecule has 0 radical (unpaired) electrons. The van der Waals surface area contributed by atoms with Crippen LogP contribution in [0.1, 0.15) is 29.3 Å². The first-order valence-electron chi connectivity index (χ1n) is 4.99. The van der Waals surface area contributed by atoms with Crippen LogP contribution in [-0.4, -0.2) is 21.0 Å². The van der Waals surface area contributed by atoms with E-state index < -0.39 is 11.0 Å². The van der Waals surface area contributed by atoms with Crippen LogP contribution in [0.2, 0.25) is 0 Å². The molecule has 0 saturated heterocycles. The van der Waals surface area contributed by atoms with Crippen LogP contribution in [0.4, 0.5) is 0 Å². The lowest BCUT2D eigenvalue weighted by atomic mass is 10.1. The molecule has 0 aromatic heterocycles. The third-order valence-corrected chi connectivity index (χ3v) is 3.87. The van der Waals surface area contributed by atoms with Crippen LogP contribution < -0.4 is 0 Å². The molecule has 1 unspecified atom stereocenters. The van der Waals surface area contributed by atoms with E-state index in [1.807, 2.05) is 26.0 Å². The van der Waals surface area contributed by atoms with Crippen molar-refractivity contribution < 1.29 is 9.00 Å². The minimum atomic E-state index is -1.29. The standard InChI is InChI=1S/C11H13NO2S/c1-3-6-12-11(13)9-5-4-8(2)7-10(9)15(12)14/h4-5,7H,3,6H2,1-2H3. The molecule has 80 valence electrons. The summed E-state index contributed by atoms with van der Waals surface area (Å²) >= 11 is 0. The summed E-state index contributed by atoms with van der Waals surface area (Å²) in [5.74, 6) is -0.106. The van der Waals surface area contributed by atoms with Gasteiger partial charge in [0.05, 0.1) is 10.5 Å². The summed E-state index contributed by atoms with van der Waals surface area (Å²) < 4.78 is 13.4. The normalized spacial score (nSPS) is 19.5. The minimum Gasteiger partial charge on any atom is -0.268 e. The third kappa shape index (κ3) is 1.59. The van der Waals surface area contributed by atoms with Gasteiger partial charge >= 0.3 is 0 Å². The second-order valence-corrected chi connectivity index (χ2v) is 5.03. The largest absolute Gasteiger partial charge is 0.268 e. The predicted octanol–water partition coefficient (Wildman–Crippen LogP) is 1.88. The highest BCUT2D eigenvalue weighted by molar-refractivity contribution is 7.84. The Morgan fingerprint density at radius 1 is 1.40 bits per heavy atom. The van der Waals surface area contributed by atoms with E-state index in [1.54, 1.807) is 6.07 Å². The van der Waals surface area contributed by atoms with Gasteiger partial charge in [-0.25, -0.2) is 4.21 Å². The van der Waals surface area contributed by atoms with Gasteiger partial charge in [0, 0.05) is 6.54 Å². The van der Waals surface area contributed by atoms with Crippen LogP contribution in [0, 0.1) is 6.92 Å². The van der Waals surface area contributed by atoms with Gasteiger partial charge in [-0.3, -0.25) is 9.10 Å². The van der Waals surface area contributed by atoms with E-state index in [0.717, 1.165) is 12.0 Å². The van der Waals surface area contributed by atoms with Crippen LogP contribution >= 0.6 is 0 Å². The van der Waals surface area contributed by atoms with E-state index >= 15 is 0 Å². The zero-order valence-corrected chi connectivity index (χ0v) is 9.63. The number of aryl methyl sites for hydroxylation is 1. The van der Waals surface area contributed by atoms with Gasteiger partial charge < -0.3 is 0 Å². The summed E-state index contributed by atoms with van der Waals surface area (Å²) in [6, 6.07) is 5.48. The molecule has 1 aliphatic heterocycles. The van der Waals surface area contributed by atoms with Crippen molar-refractivity contribution in [3.8, 4) is 0 Å². The number of rotatable bonds is 2. The van der Waals surface area contributed by atoms with E-state index in [-0.39, 0.29) is 5.91 Å². The first kappa shape index (κ1) is 10.4. The lowest BCUT2D eigenvalue weighted by Gasteiger charge is -2.11. The van der Waals surface area contributed by atoms with Gasteiger partial charge in [0.25, 0.3) is 5.91 Å². The molecule has 0 N–H and O–H groups in total. The van der Waals surface area contributed by atoms with Crippen LogP contribution in [0.15, 0.2) is 23.1 Å². The Labute approximate surface area is 91.7 Å². The van der Waals surface area contributed by atoms with Crippen molar-refractivity contribution >= 4 is 16.9 Å². The van der Waals surface area contributed by atoms with Gasteiger partial charge in [-0.15, -0.1) is 0 Å². The Morgan fingerprint density at radius 3 is 2.80 bits per heavy atom. The van der Waals surface area contributed by atoms with Crippen molar-refractivity contribution in [1.82, 2.24) is 4.31 Å². The van der Waals surface area contributed by atoms with Crippen molar-refractivity contribution in [2.45, 2.75) is 25.2 Å². The molecule has 4 heteroatoms. The molecule has 1 aromatic carbocycles. The third-order valence-electron chi connectivity index (χ3n) is 2.41. The van der Waals surface area contributed by atoms with Crippen molar-refractivity contribution in [2.24, 2.45) is 0 Å². The number of benzene rings is 1. The van der Waals surface area contributed by atoms with E-state index in [0.29, 0.717) is 17.0 Å². The number of nitrogens with zero attached hydrogens (tertiary/aromatic N) is 1. The Bertz CT molecular complexity index is 442. The molecule has 1 atom stereocenters. The van der Waals surface area contributed by atoms with Gasteiger partial charge in [0.15, 0.2) is 11.0 Å². The maximum Gasteiger partial charge on any atom is 0.267 e. The fourth-order valence-corrected chi connectivity index (χ4v) is 3.13. The first-order valence-corrected chi connectivity index (χ1v) is 6.10. The molecule has 15 heavy (non-hydrogen) atoms. The summed E-state index contributed by atoms with van der Waals surface area (Å²) in [4.78, 5) is 12.5. The smallest absolute Gasteiger partial charge is 0.267 e. The van der Waals surface area contributed by atoms with Crippen LogP contribution in [0.3, 0.4) is 0 Å². The predicted molar refractivity (Wildman–Crippen MR) is 58.9 cm³/mol. The van der Waals surface area contributed by atoms with Crippen molar-refractivity contribution in [3.63, 3.8) is 0 Å². The van der Waals surface area contributed by atoms with Gasteiger partial charge in [-0.1, -0.05) is 13.0 Å². The number of hydrogen-bond acceptors (Lipinski definition) is 2. The second-order valence-electron chi connectivity index (χ2n) is 3.66. The van der Waals surface area contributed by atoms with Gasteiger partial charge in [-0.05, 0) is 31.0 Å². The summed E-state index contributed by atoms with van der Waals surface area (Å²) in [7, 11) is -1.29. The molecular formula is C11H13NO2S. The molecule has 0 spiro atoms. The van der Waals surface area contributed by atoms with E-state index in [1.165, 1.54) is 4.31 Å². The number of fused-ring (bicyclic) bond motifs is 1. The summed E-state index contributed by atoms with van der Waals surface area (Å²) in [6.45, 7) is 4.46. The lowest BCUT2D eigenvalue weighted by Crippen LogP contribution is -2.26. The maximum absolute atomic E-state index is 12.0. The molecule has 0 aliphatic carbocycles. The average Bonchev–Trinajstić information content (AvgIpc) is 2.44. The highest BCUT2D eigenvalue weighted by Crippen LogP contribution is 2.27. The quantitative estimate of drug-likeness (QED) is 0.767. The molecule has 1 aromatic rings. The monoisotopic (exact) mass is 223 g/mol. The van der Waals surface area contributed by atoms with E-state index in [4.69, 9.17) is 0 Å². The first-order chi connectivity index (χ1) is 7.15. The van der Waals surface area contributed by atoms with Crippen LogP contribution in [-0.2, 0) is 11.0 Å². The summed E-state index contributed by atoms with van der Waals surface area (Å²) in [5.41, 5.74) is 1.63. The Kier molecular flexibility index (Phi) is 2.61. The van der Waals surface area contributed by atoms with Crippen LogP contribution in [0.5, 0.6) is 0 Å². The van der Waals surface area contributed by atoms with Gasteiger partial charge in [0.2, 0.25) is 0 Å². The second kappa shape index (κ2) is 3.77. The number of carbonyl (C=O) groups is 1. The molecule has 1 aliphatic rings. The molecular weight excluding hydrogens is 210 g/mol. The number of hydrogen-bond donors (Lipinski definition) is 0. The fourth-order valence-electron chi connectivity index (χ4n) is 1.67. The minimum absolute atomic E-state index is 0.106. The maximum atomic E-state index is 12.0. The molecule has 0 saturated carbocycles. The number of carbonyl (C=O) groups excluding carboxylic acids is 1. The van der Waals surface area contributed by atoms with E-state index in [9.17, 15) is 9.00 Å². The Balaban J connectivity index is 2.46. The van der Waals surface area contributed by atoms with Gasteiger partial charge in [0.1, 0.15) is 0 Å². The Hall–Kier alpha value is -1.16. The van der Waals surface area contributed by atoms with Crippen molar-refractivity contribution in [1.29, 1.82) is 0 Å². The molecule has 2 rings (SSSR count). The fraction of sp³-hybridized carbons (Fsp3) is 0.364. The molecule has 1 heterocycles. The average molecular weight is 223 g/mol. The highest BCUT2D eigenvalue weighted by atomic mass is 32.2. The molecule has 3 nitrogen and oxygen atoms in total. The lowest BCUT2D eigenvalue weighted by molar-refractivity contribution is 0.0875. The van der Waals surface area contributed by atoms with Crippen LogP contribution in [0.25, 0.3) is 0 Å². The molecule has 0 bridgehead atoms. The Morgan fingerprint density at radius 2 is 2.13 bits per heavy atom. The summed E-state index contributed by atoms with van der Waals surface area (Å²) in [5, 5.41) is 0. The van der Waals surface area contributed by atoms with E-state index in [2.05, 4.69) is 0 Å². The SMILES string of the molecule is CCCN1C(=O)c2ccc(C)cc2S1=O. The number of amides is 1. The van der Waals surface area contributed by atoms with Crippen molar-refractivity contribution in [2.75, 3.05) is 6.54 Å².